The largest absolute Gasteiger partial charge is 0.385 e. The predicted molar refractivity (Wildman–Crippen MR) is 97.7 cm³/mol. The summed E-state index contributed by atoms with van der Waals surface area (Å²) in [5.74, 6) is 1.64. The van der Waals surface area contributed by atoms with Crippen LogP contribution >= 0.6 is 0 Å². The van der Waals surface area contributed by atoms with Gasteiger partial charge in [-0.2, -0.15) is 0 Å². The molecule has 0 bridgehead atoms. The molecule has 7 nitrogen and oxygen atoms in total. The first kappa shape index (κ1) is 15.8. The molecule has 0 amide bonds. The maximum absolute atomic E-state index is 11.2. The summed E-state index contributed by atoms with van der Waals surface area (Å²) in [6.07, 6.45) is 5.00. The molecular formula is C19H23N5O2. The van der Waals surface area contributed by atoms with Crippen LogP contribution in [0.4, 0.5) is 5.82 Å². The molecule has 1 fully saturated rings. The number of nitrogens with zero attached hydrogens (tertiary/aromatic N) is 4. The molecule has 0 unspecified atom stereocenters. The molecule has 0 aliphatic heterocycles. The smallest absolute Gasteiger partial charge is 0.146 e. The third-order valence-electron chi connectivity index (χ3n) is 5.72. The van der Waals surface area contributed by atoms with Crippen molar-refractivity contribution in [2.24, 2.45) is 0 Å². The number of anilines is 1. The maximum Gasteiger partial charge on any atom is 0.146 e. The van der Waals surface area contributed by atoms with E-state index in [1.807, 2.05) is 6.92 Å². The molecule has 1 saturated carbocycles. The van der Waals surface area contributed by atoms with Crippen LogP contribution < -0.4 is 5.73 Å². The van der Waals surface area contributed by atoms with E-state index in [-0.39, 0.29) is 6.04 Å². The minimum Gasteiger partial charge on any atom is -0.385 e. The summed E-state index contributed by atoms with van der Waals surface area (Å²) in [7, 11) is 0. The number of fused-ring (bicyclic) bond motifs is 5. The van der Waals surface area contributed by atoms with Crippen molar-refractivity contribution in [1.82, 2.24) is 19.7 Å². The van der Waals surface area contributed by atoms with Gasteiger partial charge in [0.2, 0.25) is 0 Å². The van der Waals surface area contributed by atoms with Crippen molar-refractivity contribution in [3.05, 3.63) is 23.3 Å². The van der Waals surface area contributed by atoms with Crippen LogP contribution in [0, 0.1) is 0 Å². The summed E-state index contributed by atoms with van der Waals surface area (Å²) in [6.45, 7) is 6.11. The Morgan fingerprint density at radius 2 is 2.12 bits per heavy atom. The number of nitrogen functional groups attached to an aromatic ring is 1. The first-order valence-corrected chi connectivity index (χ1v) is 9.26. The molecular weight excluding hydrogens is 330 g/mol. The SMILES string of the molecule is CC(C)n1c2c(c3c(N)ncnc31)-c1noc(C3CC3)c1[C@](C)(O)CC2. The highest BCUT2D eigenvalue weighted by Crippen LogP contribution is 2.52. The zero-order chi connectivity index (χ0) is 18.2. The molecule has 3 heterocycles. The summed E-state index contributed by atoms with van der Waals surface area (Å²) in [4.78, 5) is 8.73. The van der Waals surface area contributed by atoms with Gasteiger partial charge in [-0.25, -0.2) is 9.97 Å². The van der Waals surface area contributed by atoms with E-state index in [1.54, 1.807) is 0 Å². The normalized spacial score (nSPS) is 22.5. The van der Waals surface area contributed by atoms with Crippen molar-refractivity contribution in [2.45, 2.75) is 64.0 Å². The summed E-state index contributed by atoms with van der Waals surface area (Å²) in [5.41, 5.74) is 9.65. The molecule has 136 valence electrons. The van der Waals surface area contributed by atoms with Crippen molar-refractivity contribution in [1.29, 1.82) is 0 Å². The van der Waals surface area contributed by atoms with E-state index in [0.717, 1.165) is 52.9 Å². The fourth-order valence-corrected chi connectivity index (χ4v) is 4.37. The fourth-order valence-electron chi connectivity index (χ4n) is 4.37. The van der Waals surface area contributed by atoms with Crippen LogP contribution in [0.5, 0.6) is 0 Å². The van der Waals surface area contributed by atoms with E-state index in [0.29, 0.717) is 23.9 Å². The lowest BCUT2D eigenvalue weighted by molar-refractivity contribution is 0.0470. The Hall–Kier alpha value is -2.41. The van der Waals surface area contributed by atoms with Crippen molar-refractivity contribution in [3.63, 3.8) is 0 Å². The van der Waals surface area contributed by atoms with Gasteiger partial charge in [-0.15, -0.1) is 0 Å². The lowest BCUT2D eigenvalue weighted by Gasteiger charge is -2.22. The van der Waals surface area contributed by atoms with Crippen molar-refractivity contribution in [2.75, 3.05) is 5.73 Å². The Kier molecular flexibility index (Phi) is 3.08. The average Bonchev–Trinajstić information content (AvgIpc) is 3.24. The van der Waals surface area contributed by atoms with Crippen LogP contribution in [0.3, 0.4) is 0 Å². The monoisotopic (exact) mass is 353 g/mol. The highest BCUT2D eigenvalue weighted by atomic mass is 16.5. The minimum absolute atomic E-state index is 0.205. The fraction of sp³-hybridized carbons (Fsp3) is 0.526. The van der Waals surface area contributed by atoms with Crippen molar-refractivity contribution < 1.29 is 9.63 Å². The lowest BCUT2D eigenvalue weighted by Crippen LogP contribution is -2.23. The van der Waals surface area contributed by atoms with Gasteiger partial charge in [-0.05, 0) is 46.5 Å². The highest BCUT2D eigenvalue weighted by molar-refractivity contribution is 6.02. The number of rotatable bonds is 2. The van der Waals surface area contributed by atoms with Crippen LogP contribution in [0.2, 0.25) is 0 Å². The van der Waals surface area contributed by atoms with Gasteiger partial charge in [-0.1, -0.05) is 5.16 Å². The molecule has 0 radical (unpaired) electrons. The molecule has 1 atom stereocenters. The van der Waals surface area contributed by atoms with Gasteiger partial charge in [0.15, 0.2) is 0 Å². The molecule has 3 N–H and O–H groups in total. The first-order valence-electron chi connectivity index (χ1n) is 9.26. The zero-order valence-electron chi connectivity index (χ0n) is 15.3. The summed E-state index contributed by atoms with van der Waals surface area (Å²) >= 11 is 0. The second kappa shape index (κ2) is 5.07. The minimum atomic E-state index is -0.981. The van der Waals surface area contributed by atoms with Gasteiger partial charge >= 0.3 is 0 Å². The number of hydrogen-bond donors (Lipinski definition) is 2. The quantitative estimate of drug-likeness (QED) is 0.733. The lowest BCUT2D eigenvalue weighted by atomic mass is 9.89. The Morgan fingerprint density at radius 3 is 2.81 bits per heavy atom. The molecule has 5 rings (SSSR count). The third-order valence-corrected chi connectivity index (χ3v) is 5.72. The van der Waals surface area contributed by atoms with Gasteiger partial charge < -0.3 is 19.9 Å². The van der Waals surface area contributed by atoms with Gasteiger partial charge in [-0.3, -0.25) is 0 Å². The van der Waals surface area contributed by atoms with Crippen LogP contribution in [-0.2, 0) is 12.0 Å². The molecule has 3 aromatic rings. The molecule has 2 aliphatic carbocycles. The Morgan fingerprint density at radius 1 is 1.35 bits per heavy atom. The predicted octanol–water partition coefficient (Wildman–Crippen LogP) is 3.28. The van der Waals surface area contributed by atoms with E-state index in [2.05, 4.69) is 33.5 Å². The average molecular weight is 353 g/mol. The Bertz CT molecular complexity index is 1030. The summed E-state index contributed by atoms with van der Waals surface area (Å²) in [6, 6.07) is 0.205. The van der Waals surface area contributed by atoms with E-state index in [9.17, 15) is 5.11 Å². The van der Waals surface area contributed by atoms with Gasteiger partial charge in [0.1, 0.15) is 29.2 Å². The number of aromatic nitrogens is 4. The summed E-state index contributed by atoms with van der Waals surface area (Å²) < 4.78 is 7.94. The summed E-state index contributed by atoms with van der Waals surface area (Å²) in [5, 5.41) is 16.5. The Labute approximate surface area is 151 Å². The maximum atomic E-state index is 11.2. The number of aliphatic hydroxyl groups is 1. The van der Waals surface area contributed by atoms with Crippen molar-refractivity contribution in [3.8, 4) is 11.3 Å². The molecule has 26 heavy (non-hydrogen) atoms. The van der Waals surface area contributed by atoms with Gasteiger partial charge in [0.05, 0.1) is 16.6 Å². The van der Waals surface area contributed by atoms with Gasteiger partial charge in [0, 0.05) is 23.2 Å². The van der Waals surface area contributed by atoms with Crippen LogP contribution in [0.15, 0.2) is 10.9 Å². The molecule has 0 saturated heterocycles. The van der Waals surface area contributed by atoms with E-state index < -0.39 is 5.60 Å². The van der Waals surface area contributed by atoms with E-state index in [1.165, 1.54) is 6.33 Å². The molecule has 2 aliphatic rings. The van der Waals surface area contributed by atoms with Crippen LogP contribution in [0.25, 0.3) is 22.3 Å². The molecule has 0 aromatic carbocycles. The van der Waals surface area contributed by atoms with E-state index >= 15 is 0 Å². The third kappa shape index (κ3) is 2.00. The second-order valence-electron chi connectivity index (χ2n) is 8.06. The zero-order valence-corrected chi connectivity index (χ0v) is 15.3. The Balaban J connectivity index is 1.92. The molecule has 0 spiro atoms. The van der Waals surface area contributed by atoms with Crippen LogP contribution in [0.1, 0.15) is 69.0 Å². The first-order chi connectivity index (χ1) is 12.4. The number of nitrogens with two attached hydrogens (primary N) is 1. The standard InChI is InChI=1S/C19H23N5O2/c1-9(2)24-11-6-7-19(3,25)14-15(23-26-16(14)10-4-5-10)12(11)13-17(20)21-8-22-18(13)24/h8-10,25H,4-7H2,1-3H3,(H2,20,21,22)/t19-/m1/s1. The van der Waals surface area contributed by atoms with Crippen molar-refractivity contribution >= 4 is 16.9 Å². The molecule has 7 heteroatoms. The topological polar surface area (TPSA) is 103 Å². The molecule has 3 aromatic heterocycles. The van der Waals surface area contributed by atoms with Gasteiger partial charge in [0.25, 0.3) is 0 Å². The van der Waals surface area contributed by atoms with Crippen LogP contribution in [-0.4, -0.2) is 24.8 Å². The number of hydrogen-bond acceptors (Lipinski definition) is 6. The highest BCUT2D eigenvalue weighted by Gasteiger charge is 2.43. The second-order valence-corrected chi connectivity index (χ2v) is 8.06. The van der Waals surface area contributed by atoms with E-state index in [4.69, 9.17) is 10.3 Å².